The van der Waals surface area contributed by atoms with Crippen molar-refractivity contribution in [2.75, 3.05) is 19.8 Å². The van der Waals surface area contributed by atoms with E-state index < -0.39 is 27.6 Å². The zero-order valence-electron chi connectivity index (χ0n) is 35.7. The molecule has 2 unspecified atom stereocenters. The smallest absolute Gasteiger partial charge is 0.384 e. The molecule has 0 aromatic heterocycles. The summed E-state index contributed by atoms with van der Waals surface area (Å²) in [5, 5.41) is 4.50. The lowest BCUT2D eigenvalue weighted by Gasteiger charge is -2.19. The van der Waals surface area contributed by atoms with Crippen molar-refractivity contribution in [3.8, 4) is 24.0 Å². The van der Waals surface area contributed by atoms with E-state index in [9.17, 15) is 28.2 Å². The predicted molar refractivity (Wildman–Crippen MR) is 216 cm³/mol. The van der Waals surface area contributed by atoms with Gasteiger partial charge in [0.1, 0.15) is 33.2 Å². The summed E-state index contributed by atoms with van der Waals surface area (Å²) < 4.78 is 20.3. The van der Waals surface area contributed by atoms with E-state index in [1.54, 1.807) is 6.92 Å². The molecule has 0 aromatic carbocycles. The number of ether oxygens (including phenoxy) is 2. The molecule has 0 aromatic rings. The quantitative estimate of drug-likeness (QED) is 0.0855. The van der Waals surface area contributed by atoms with Gasteiger partial charge >= 0.3 is 11.9 Å². The van der Waals surface area contributed by atoms with E-state index in [0.29, 0.717) is 51.2 Å². The Bertz CT molecular complexity index is 1230. The van der Waals surface area contributed by atoms with Crippen LogP contribution in [0.4, 0.5) is 0 Å². The molecule has 0 radical (unpaired) electrons. The number of carbonyl (C=O) groups is 5. The highest BCUT2D eigenvalue weighted by molar-refractivity contribution is 7.91. The monoisotopic (exact) mass is 773 g/mol. The van der Waals surface area contributed by atoms with Crippen LogP contribution in [0.25, 0.3) is 0 Å². The Morgan fingerprint density at radius 3 is 1.42 bits per heavy atom. The Kier molecular flexibility index (Phi) is 26.5. The number of halogens is 1. The van der Waals surface area contributed by atoms with Gasteiger partial charge < -0.3 is 14.8 Å². The number of ketones is 2. The van der Waals surface area contributed by atoms with Crippen LogP contribution in [0.3, 0.4) is 0 Å². The van der Waals surface area contributed by atoms with Crippen LogP contribution in [-0.4, -0.2) is 63.5 Å². The zero-order valence-corrected chi connectivity index (χ0v) is 37.3. The van der Waals surface area contributed by atoms with Gasteiger partial charge in [-0.3, -0.25) is 19.2 Å². The van der Waals surface area contributed by atoms with E-state index in [2.05, 4.69) is 56.8 Å². The van der Waals surface area contributed by atoms with Crippen molar-refractivity contribution in [2.45, 2.75) is 160 Å². The molecule has 9 nitrogen and oxygen atoms in total. The van der Waals surface area contributed by atoms with Crippen LogP contribution in [0.2, 0.25) is 0 Å². The third-order valence-electron chi connectivity index (χ3n) is 6.14. The van der Waals surface area contributed by atoms with E-state index in [1.807, 2.05) is 75.2 Å². The summed E-state index contributed by atoms with van der Waals surface area (Å²) in [6, 6.07) is 0. The fraction of sp³-hybridized carbons (Fsp3) is 0.780. The first kappa shape index (κ1) is 56.1. The summed E-state index contributed by atoms with van der Waals surface area (Å²) in [4.78, 5) is 54.9. The largest absolute Gasteiger partial charge is 0.464 e. The first-order valence-corrected chi connectivity index (χ1v) is 19.2. The lowest BCUT2D eigenvalue weighted by Crippen LogP contribution is -2.36. The minimum Gasteiger partial charge on any atom is -0.464 e. The third-order valence-corrected chi connectivity index (χ3v) is 7.67. The van der Waals surface area contributed by atoms with Crippen molar-refractivity contribution in [3.63, 3.8) is 0 Å². The maximum Gasteiger partial charge on any atom is 0.384 e. The number of terminal acetylenes is 2. The van der Waals surface area contributed by atoms with E-state index in [0.717, 1.165) is 0 Å². The van der Waals surface area contributed by atoms with Gasteiger partial charge in [0.2, 0.25) is 5.91 Å². The molecule has 1 N–H and O–H groups in total. The minimum absolute atomic E-state index is 0.00743. The van der Waals surface area contributed by atoms with Crippen LogP contribution in [0, 0.1) is 51.1 Å². The second-order valence-electron chi connectivity index (χ2n) is 18.6. The van der Waals surface area contributed by atoms with Gasteiger partial charge in [-0.25, -0.2) is 9.00 Å². The molecule has 0 saturated heterocycles. The number of rotatable bonds is 8. The normalized spacial score (nSPS) is 14.3. The van der Waals surface area contributed by atoms with Crippen molar-refractivity contribution in [2.24, 2.45) is 27.1 Å². The molecular weight excluding hydrogens is 702 g/mol. The van der Waals surface area contributed by atoms with Gasteiger partial charge in [-0.05, 0) is 74.4 Å². The van der Waals surface area contributed by atoms with Crippen LogP contribution < -0.4 is 5.32 Å². The third kappa shape index (κ3) is 35.7. The molecule has 1 aliphatic carbocycles. The maximum atomic E-state index is 11.6. The molecule has 1 fully saturated rings. The Balaban J connectivity index is -0.000000281. The molecule has 1 saturated carbocycles. The molecule has 1 aliphatic rings. The highest BCUT2D eigenvalue weighted by atomic mass is 35.5. The van der Waals surface area contributed by atoms with Crippen molar-refractivity contribution in [1.29, 1.82) is 0 Å². The average molecular weight is 775 g/mol. The minimum atomic E-state index is -1.12. The van der Waals surface area contributed by atoms with Crippen molar-refractivity contribution >= 4 is 51.8 Å². The predicted octanol–water partition coefficient (Wildman–Crippen LogP) is 8.46. The number of hydrogen-bond acceptors (Lipinski definition) is 8. The summed E-state index contributed by atoms with van der Waals surface area (Å²) >= 11 is 5.55. The van der Waals surface area contributed by atoms with Gasteiger partial charge in [0.05, 0.1) is 13.2 Å². The molecule has 2 atom stereocenters. The SMILES string of the molecule is C#CC(=O)OCC(C)(C)C.C#CS(=O)C(C)(C)C.CC(=O)C1(C(=O)OCC(C)(C)C)CC1.CC(Cl)C(=O)NCC(C)(C)C.CCC(=O)CC(C)(C)C. The van der Waals surface area contributed by atoms with E-state index in [4.69, 9.17) is 29.2 Å². The Hall–Kier alpha value is -2.69. The number of alkyl halides is 1. The molecule has 1 amide bonds. The van der Waals surface area contributed by atoms with Crippen LogP contribution in [0.15, 0.2) is 0 Å². The number of carbonyl (C=O) groups excluding carboxylic acids is 5. The molecule has 0 bridgehead atoms. The molecular formula is C41H72ClNO8S. The van der Waals surface area contributed by atoms with Crippen molar-refractivity contribution in [3.05, 3.63) is 0 Å². The number of hydrogen-bond donors (Lipinski definition) is 1. The first-order chi connectivity index (χ1) is 23.0. The van der Waals surface area contributed by atoms with E-state index in [-0.39, 0.29) is 44.1 Å². The topological polar surface area (TPSA) is 133 Å². The lowest BCUT2D eigenvalue weighted by molar-refractivity contribution is -0.156. The molecule has 0 heterocycles. The summed E-state index contributed by atoms with van der Waals surface area (Å²) in [6.45, 7) is 36.3. The standard InChI is InChI=1S/C11H18O3.C8H16ClNO.C8H12O2.C8H16O.C6H10OS/c1-8(12)11(5-6-11)9(13)14-7-10(2,3)4;1-6(9)7(11)10-5-8(2,3)4;1-5-7(9)10-6-8(2,3)4;1-5-7(9)6-8(2,3)4;1-5-8(7)6(2,3)4/h5-7H2,1-4H3;6H,5H2,1-4H3,(H,10,11);1H,6H2,2-4H3;5-6H2,1-4H3;1H,2-4H3. The summed E-state index contributed by atoms with van der Waals surface area (Å²) in [5.41, 5.74) is -0.519. The second-order valence-corrected chi connectivity index (χ2v) is 21.2. The van der Waals surface area contributed by atoms with E-state index in [1.165, 1.54) is 6.92 Å². The Labute approximate surface area is 325 Å². The highest BCUT2D eigenvalue weighted by Gasteiger charge is 2.55. The fourth-order valence-corrected chi connectivity index (χ4v) is 3.39. The zero-order chi connectivity index (χ0) is 42.5. The Morgan fingerprint density at radius 2 is 1.21 bits per heavy atom. The van der Waals surface area contributed by atoms with Crippen molar-refractivity contribution in [1.82, 2.24) is 5.32 Å². The van der Waals surface area contributed by atoms with Crippen LogP contribution in [0.1, 0.15) is 150 Å². The van der Waals surface area contributed by atoms with Gasteiger partial charge in [0, 0.05) is 30.1 Å². The summed E-state index contributed by atoms with van der Waals surface area (Å²) in [7, 11) is -1.12. The van der Waals surface area contributed by atoms with Crippen molar-refractivity contribution < 1.29 is 37.7 Å². The average Bonchev–Trinajstić information content (AvgIpc) is 3.78. The summed E-state index contributed by atoms with van der Waals surface area (Å²) in [5.74, 6) is 1.16. The molecule has 11 heteroatoms. The number of nitrogens with one attached hydrogen (secondary N) is 1. The molecule has 0 spiro atoms. The second kappa shape index (κ2) is 24.6. The van der Waals surface area contributed by atoms with Gasteiger partial charge in [-0.2, -0.15) is 0 Å². The molecule has 0 aliphatic heterocycles. The van der Waals surface area contributed by atoms with Gasteiger partial charge in [0.25, 0.3) is 0 Å². The lowest BCUT2D eigenvalue weighted by atomic mass is 9.89. The highest BCUT2D eigenvalue weighted by Crippen LogP contribution is 2.47. The maximum absolute atomic E-state index is 11.6. The Morgan fingerprint density at radius 1 is 0.788 bits per heavy atom. The molecule has 1 rings (SSSR count). The van der Waals surface area contributed by atoms with Gasteiger partial charge in [-0.15, -0.1) is 24.4 Å². The first-order valence-electron chi connectivity index (χ1n) is 17.6. The number of esters is 2. The van der Waals surface area contributed by atoms with E-state index >= 15 is 0 Å². The fourth-order valence-electron chi connectivity index (χ4n) is 2.96. The molecule has 302 valence electrons. The summed E-state index contributed by atoms with van der Waals surface area (Å²) in [6.07, 6.45) is 12.4. The van der Waals surface area contributed by atoms with Crippen LogP contribution in [0.5, 0.6) is 0 Å². The number of amides is 1. The van der Waals surface area contributed by atoms with Crippen LogP contribution in [-0.2, 0) is 44.2 Å². The van der Waals surface area contributed by atoms with Gasteiger partial charge in [0.15, 0.2) is 0 Å². The van der Waals surface area contributed by atoms with Crippen LogP contribution >= 0.6 is 11.6 Å². The van der Waals surface area contributed by atoms with Gasteiger partial charge in [-0.1, -0.05) is 90.0 Å². The number of Topliss-reactive ketones (excluding diaryl/α,β-unsaturated/α-hetero) is 2. The molecule has 52 heavy (non-hydrogen) atoms.